The third-order valence-corrected chi connectivity index (χ3v) is 14.2. The second kappa shape index (κ2) is 21.7. The Hall–Kier alpha value is -5.40. The molecule has 1 heterocycles. The zero-order chi connectivity index (χ0) is 47.7. The highest BCUT2D eigenvalue weighted by Crippen LogP contribution is 2.57. The molecule has 0 aliphatic heterocycles. The molecular weight excluding hydrogens is 856 g/mol. The van der Waals surface area contributed by atoms with Crippen molar-refractivity contribution in [3.8, 4) is 17.6 Å². The second-order valence-corrected chi connectivity index (χ2v) is 19.3. The van der Waals surface area contributed by atoms with Crippen molar-refractivity contribution in [1.29, 1.82) is 5.26 Å². The standard InChI is InChI=1S/C48H61N4O12P/c1-31(2)52(32(3)4)65(57,30-40(53)63-47(6,7)24-25-49)64-43-39(42(54)41(44(43)61-27-26-58-8)51-28-33(5)45(55)50-46(51)56)29-62-48(34-14-12-11-13-15-34,35-16-20-37(59-9)21-17-35)36-18-22-38(60-10)23-19-36/h11-23,28,31-32,39,41,43-44H,24,26-27,29-30H2,1-10H3,(H,50,55,56). The van der Waals surface area contributed by atoms with Crippen molar-refractivity contribution in [2.45, 2.75) is 96.4 Å². The summed E-state index contributed by atoms with van der Waals surface area (Å²) in [4.78, 5) is 58.0. The van der Waals surface area contributed by atoms with Gasteiger partial charge in [0, 0.05) is 31.0 Å². The number of aromatic nitrogens is 2. The van der Waals surface area contributed by atoms with Gasteiger partial charge in [-0.05, 0) is 89.4 Å². The summed E-state index contributed by atoms with van der Waals surface area (Å²) < 4.78 is 61.2. The molecular formula is C48H61N4O12P. The fourth-order valence-corrected chi connectivity index (χ4v) is 11.3. The summed E-state index contributed by atoms with van der Waals surface area (Å²) in [5, 5.41) is 9.44. The van der Waals surface area contributed by atoms with Crippen LogP contribution in [0.5, 0.6) is 11.5 Å². The van der Waals surface area contributed by atoms with Crippen molar-refractivity contribution in [3.05, 3.63) is 128 Å². The first-order valence-corrected chi connectivity index (χ1v) is 23.2. The molecule has 1 aliphatic carbocycles. The maximum Gasteiger partial charge on any atom is 0.329 e. The summed E-state index contributed by atoms with van der Waals surface area (Å²) in [5.41, 5.74) is -2.02. The third-order valence-electron chi connectivity index (χ3n) is 11.3. The van der Waals surface area contributed by atoms with E-state index in [0.717, 1.165) is 4.57 Å². The Morgan fingerprint density at radius 3 is 1.91 bits per heavy atom. The summed E-state index contributed by atoms with van der Waals surface area (Å²) in [6.45, 7) is 11.4. The predicted molar refractivity (Wildman–Crippen MR) is 243 cm³/mol. The molecule has 65 heavy (non-hydrogen) atoms. The molecule has 0 saturated heterocycles. The first-order valence-electron chi connectivity index (χ1n) is 21.5. The van der Waals surface area contributed by atoms with E-state index < -0.39 is 90.7 Å². The van der Waals surface area contributed by atoms with Gasteiger partial charge in [-0.15, -0.1) is 0 Å². The van der Waals surface area contributed by atoms with Crippen LogP contribution < -0.4 is 20.7 Å². The van der Waals surface area contributed by atoms with E-state index in [1.807, 2.05) is 60.7 Å². The van der Waals surface area contributed by atoms with Crippen LogP contribution in [0.25, 0.3) is 0 Å². The molecule has 5 atom stereocenters. The molecule has 1 aliphatic rings. The van der Waals surface area contributed by atoms with Crippen LogP contribution >= 0.6 is 7.52 Å². The lowest BCUT2D eigenvalue weighted by molar-refractivity contribution is -0.153. The van der Waals surface area contributed by atoms with Crippen molar-refractivity contribution in [2.24, 2.45) is 5.92 Å². The molecule has 0 amide bonds. The molecule has 17 heteroatoms. The number of H-pyrrole nitrogens is 1. The van der Waals surface area contributed by atoms with Gasteiger partial charge in [-0.2, -0.15) is 5.26 Å². The van der Waals surface area contributed by atoms with Gasteiger partial charge < -0.3 is 32.9 Å². The van der Waals surface area contributed by atoms with Crippen LogP contribution in [-0.4, -0.2) is 103 Å². The van der Waals surface area contributed by atoms with Gasteiger partial charge in [0.15, 0.2) is 5.78 Å². The summed E-state index contributed by atoms with van der Waals surface area (Å²) >= 11 is 0. The molecule has 0 radical (unpaired) electrons. The Kier molecular flexibility index (Phi) is 16.9. The number of nitrogens with zero attached hydrogens (tertiary/aromatic N) is 3. The lowest BCUT2D eigenvalue weighted by atomic mass is 9.79. The third kappa shape index (κ3) is 11.4. The van der Waals surface area contributed by atoms with Crippen molar-refractivity contribution in [3.63, 3.8) is 0 Å². The zero-order valence-electron chi connectivity index (χ0n) is 38.8. The Morgan fingerprint density at radius 1 is 0.846 bits per heavy atom. The average Bonchev–Trinajstić information content (AvgIpc) is 3.50. The highest BCUT2D eigenvalue weighted by molar-refractivity contribution is 7.57. The number of carbonyl (C=O) groups excluding carboxylic acids is 2. The number of rotatable bonds is 22. The topological polar surface area (TPSA) is 198 Å². The predicted octanol–water partition coefficient (Wildman–Crippen LogP) is 6.58. The minimum Gasteiger partial charge on any atom is -0.497 e. The van der Waals surface area contributed by atoms with E-state index in [9.17, 15) is 19.6 Å². The molecule has 5 unspecified atom stereocenters. The molecule has 1 aromatic heterocycles. The molecule has 3 aromatic carbocycles. The van der Waals surface area contributed by atoms with Crippen LogP contribution in [0.1, 0.15) is 76.3 Å². The van der Waals surface area contributed by atoms with Crippen molar-refractivity contribution < 1.29 is 47.1 Å². The lowest BCUT2D eigenvalue weighted by Crippen LogP contribution is -2.44. The molecule has 350 valence electrons. The van der Waals surface area contributed by atoms with Gasteiger partial charge in [-0.3, -0.25) is 28.5 Å². The Bertz CT molecular complexity index is 2390. The fraction of sp³-hybridized carbons (Fsp3) is 0.479. The molecule has 5 rings (SSSR count). The normalized spacial score (nSPS) is 18.7. The van der Waals surface area contributed by atoms with Crippen molar-refractivity contribution in [2.75, 3.05) is 47.3 Å². The van der Waals surface area contributed by atoms with E-state index in [1.165, 1.54) is 20.2 Å². The van der Waals surface area contributed by atoms with E-state index >= 15 is 9.36 Å². The maximum absolute atomic E-state index is 15.9. The van der Waals surface area contributed by atoms with Crippen LogP contribution in [0.15, 0.2) is 94.6 Å². The number of carbonyl (C=O) groups is 2. The first kappa shape index (κ1) is 50.6. The number of methoxy groups -OCH3 is 3. The molecule has 1 fully saturated rings. The summed E-state index contributed by atoms with van der Waals surface area (Å²) in [6.07, 6.45) is -2.40. The van der Waals surface area contributed by atoms with E-state index in [2.05, 4.69) is 4.98 Å². The summed E-state index contributed by atoms with van der Waals surface area (Å²) in [6, 6.07) is 23.7. The number of aryl methyl sites for hydroxylation is 1. The van der Waals surface area contributed by atoms with Crippen LogP contribution in [0.4, 0.5) is 0 Å². The van der Waals surface area contributed by atoms with Crippen molar-refractivity contribution in [1.82, 2.24) is 14.2 Å². The van der Waals surface area contributed by atoms with Gasteiger partial charge in [0.05, 0.1) is 52.4 Å². The zero-order valence-corrected chi connectivity index (χ0v) is 39.7. The van der Waals surface area contributed by atoms with Gasteiger partial charge in [-0.25, -0.2) is 9.46 Å². The van der Waals surface area contributed by atoms with Gasteiger partial charge in [0.1, 0.15) is 47.1 Å². The maximum atomic E-state index is 15.9. The summed E-state index contributed by atoms with van der Waals surface area (Å²) in [5.74, 6) is -1.61. The van der Waals surface area contributed by atoms with E-state index in [-0.39, 0.29) is 25.2 Å². The van der Waals surface area contributed by atoms with Crippen LogP contribution in [0, 0.1) is 24.2 Å². The highest BCUT2D eigenvalue weighted by atomic mass is 31.2. The Morgan fingerprint density at radius 2 is 1.40 bits per heavy atom. The lowest BCUT2D eigenvalue weighted by Gasteiger charge is -2.40. The summed E-state index contributed by atoms with van der Waals surface area (Å²) in [7, 11) is 0.185. The Labute approximate surface area is 380 Å². The SMILES string of the molecule is COCCOC1C(OP(=O)(CC(=O)OC(C)(C)CC#N)N(C(C)C)C(C)C)C(COC(c2ccccc2)(c2ccc(OC)cc2)c2ccc(OC)cc2)C(=O)C1n1cc(C)c(=O)[nH]c1=O. The number of Topliss-reactive ketones (excluding diaryl/α,β-unsaturated/α-hetero) is 1. The smallest absolute Gasteiger partial charge is 0.329 e. The van der Waals surface area contributed by atoms with Crippen LogP contribution in [-0.2, 0) is 43.2 Å². The largest absolute Gasteiger partial charge is 0.497 e. The second-order valence-electron chi connectivity index (χ2n) is 17.1. The monoisotopic (exact) mass is 916 g/mol. The number of hydrogen-bond donors (Lipinski definition) is 1. The first-order chi connectivity index (χ1) is 30.9. The number of hydrogen-bond acceptors (Lipinski definition) is 13. The highest BCUT2D eigenvalue weighted by Gasteiger charge is 2.57. The minimum absolute atomic E-state index is 0.0684. The van der Waals surface area contributed by atoms with Gasteiger partial charge >= 0.3 is 11.7 Å². The average molecular weight is 917 g/mol. The van der Waals surface area contributed by atoms with E-state index in [1.54, 1.807) is 84.7 Å². The number of nitrogens with one attached hydrogen (secondary N) is 1. The van der Waals surface area contributed by atoms with Crippen LogP contribution in [0.2, 0.25) is 0 Å². The number of ketones is 1. The van der Waals surface area contributed by atoms with E-state index in [4.69, 9.17) is 32.9 Å². The molecule has 0 bridgehead atoms. The minimum atomic E-state index is -4.41. The number of ether oxygens (including phenoxy) is 6. The Balaban J connectivity index is 1.77. The fourth-order valence-electron chi connectivity index (χ4n) is 8.49. The molecule has 4 aromatic rings. The van der Waals surface area contributed by atoms with Gasteiger partial charge in [0.25, 0.3) is 13.1 Å². The van der Waals surface area contributed by atoms with Crippen LogP contribution in [0.3, 0.4) is 0 Å². The van der Waals surface area contributed by atoms with Gasteiger partial charge in [-0.1, -0.05) is 54.6 Å². The molecule has 1 N–H and O–H groups in total. The van der Waals surface area contributed by atoms with E-state index in [0.29, 0.717) is 28.2 Å². The number of benzene rings is 3. The molecule has 0 spiro atoms. The molecule has 1 saturated carbocycles. The van der Waals surface area contributed by atoms with Crippen molar-refractivity contribution >= 4 is 19.3 Å². The number of esters is 1. The van der Waals surface area contributed by atoms with Gasteiger partial charge in [0.2, 0.25) is 0 Å². The number of nitriles is 1. The number of aromatic amines is 1. The molecule has 16 nitrogen and oxygen atoms in total. The quantitative estimate of drug-likeness (QED) is 0.0384.